The summed E-state index contributed by atoms with van der Waals surface area (Å²) in [6, 6.07) is 12.5. The minimum Gasteiger partial charge on any atom is -0.390 e. The fourth-order valence-corrected chi connectivity index (χ4v) is 5.22. The molecule has 2 unspecified atom stereocenters. The molecule has 0 spiro atoms. The van der Waals surface area contributed by atoms with Crippen molar-refractivity contribution in [3.8, 4) is 10.4 Å². The third-order valence-electron chi connectivity index (χ3n) is 5.81. The molecule has 0 fully saturated rings. The summed E-state index contributed by atoms with van der Waals surface area (Å²) in [5.41, 5.74) is 3.67. The van der Waals surface area contributed by atoms with Crippen LogP contribution >= 0.6 is 11.3 Å². The van der Waals surface area contributed by atoms with Crippen LogP contribution in [0.2, 0.25) is 0 Å². The van der Waals surface area contributed by atoms with Crippen LogP contribution in [0.25, 0.3) is 10.4 Å². The first-order chi connectivity index (χ1) is 17.4. The summed E-state index contributed by atoms with van der Waals surface area (Å²) in [5.74, 6) is -1.77. The van der Waals surface area contributed by atoms with Gasteiger partial charge in [-0.15, -0.1) is 11.3 Å². The van der Waals surface area contributed by atoms with Crippen LogP contribution in [0.15, 0.2) is 48.5 Å². The number of amides is 1. The van der Waals surface area contributed by atoms with Crippen molar-refractivity contribution < 1.29 is 23.5 Å². The van der Waals surface area contributed by atoms with Gasteiger partial charge in [-0.25, -0.2) is 8.78 Å². The summed E-state index contributed by atoms with van der Waals surface area (Å²) in [6.07, 6.45) is 0.803. The highest BCUT2D eigenvalue weighted by Gasteiger charge is 2.22. The van der Waals surface area contributed by atoms with Gasteiger partial charge in [0.05, 0.1) is 17.0 Å². The van der Waals surface area contributed by atoms with Crippen LogP contribution in [-0.4, -0.2) is 36.0 Å². The number of thiophene rings is 1. The Morgan fingerprint density at radius 3 is 2.35 bits per heavy atom. The molecule has 0 saturated heterocycles. The molecule has 0 radical (unpaired) electrons. The molecular weight excluding hydrogens is 494 g/mol. The molecule has 1 heterocycles. The molecule has 3 rings (SSSR count). The summed E-state index contributed by atoms with van der Waals surface area (Å²) in [7, 11) is 0. The minimum absolute atomic E-state index is 0.0765. The van der Waals surface area contributed by atoms with Gasteiger partial charge in [0.1, 0.15) is 11.6 Å². The van der Waals surface area contributed by atoms with E-state index < -0.39 is 23.8 Å². The number of nitrogens with one attached hydrogen (secondary N) is 2. The molecular formula is C29H34F2N2O3S. The third-order valence-corrected chi connectivity index (χ3v) is 6.86. The predicted molar refractivity (Wildman–Crippen MR) is 144 cm³/mol. The first-order valence-electron chi connectivity index (χ1n) is 12.2. The van der Waals surface area contributed by atoms with Crippen LogP contribution in [0.5, 0.6) is 0 Å². The predicted octanol–water partition coefficient (Wildman–Crippen LogP) is 5.29. The fourth-order valence-electron chi connectivity index (χ4n) is 4.34. The van der Waals surface area contributed by atoms with E-state index in [0.29, 0.717) is 17.0 Å². The van der Waals surface area contributed by atoms with Crippen molar-refractivity contribution in [2.75, 3.05) is 6.54 Å². The maximum Gasteiger partial charge on any atom is 0.217 e. The number of carbonyl (C=O) groups is 2. The van der Waals surface area contributed by atoms with E-state index in [-0.39, 0.29) is 24.3 Å². The molecule has 8 heteroatoms. The maximum absolute atomic E-state index is 13.6. The zero-order valence-corrected chi connectivity index (χ0v) is 22.4. The number of hydrogen-bond donors (Lipinski definition) is 3. The second kappa shape index (κ2) is 12.5. The van der Waals surface area contributed by atoms with Gasteiger partial charge in [-0.3, -0.25) is 9.59 Å². The van der Waals surface area contributed by atoms with Crippen LogP contribution in [0.1, 0.15) is 54.1 Å². The van der Waals surface area contributed by atoms with Crippen LogP contribution < -0.4 is 10.6 Å². The number of benzene rings is 2. The normalized spacial score (nSPS) is 13.3. The average molecular weight is 529 g/mol. The Balaban J connectivity index is 1.76. The zero-order valence-electron chi connectivity index (χ0n) is 21.6. The lowest BCUT2D eigenvalue weighted by Crippen LogP contribution is -2.48. The van der Waals surface area contributed by atoms with E-state index in [1.165, 1.54) is 36.0 Å². The first kappa shape index (κ1) is 28.6. The summed E-state index contributed by atoms with van der Waals surface area (Å²) in [5, 5.41) is 16.8. The van der Waals surface area contributed by atoms with Crippen molar-refractivity contribution in [2.24, 2.45) is 5.41 Å². The van der Waals surface area contributed by atoms with E-state index >= 15 is 0 Å². The molecule has 3 N–H and O–H groups in total. The molecule has 3 aromatic rings. The molecule has 198 valence electrons. The number of aliphatic hydroxyl groups is 1. The van der Waals surface area contributed by atoms with Gasteiger partial charge in [0.25, 0.3) is 0 Å². The lowest BCUT2D eigenvalue weighted by atomic mass is 9.87. The van der Waals surface area contributed by atoms with Gasteiger partial charge in [0.15, 0.2) is 6.29 Å². The summed E-state index contributed by atoms with van der Waals surface area (Å²) in [6.45, 7) is 8.46. The van der Waals surface area contributed by atoms with E-state index in [0.717, 1.165) is 34.8 Å². The molecule has 0 bridgehead atoms. The Labute approximate surface area is 220 Å². The first-order valence-corrected chi connectivity index (χ1v) is 13.0. The van der Waals surface area contributed by atoms with Gasteiger partial charge in [-0.05, 0) is 64.8 Å². The number of aliphatic hydroxyl groups excluding tert-OH is 1. The summed E-state index contributed by atoms with van der Waals surface area (Å²) < 4.78 is 27.3. The van der Waals surface area contributed by atoms with Crippen molar-refractivity contribution in [1.29, 1.82) is 0 Å². The highest BCUT2D eigenvalue weighted by molar-refractivity contribution is 7.17. The smallest absolute Gasteiger partial charge is 0.217 e. The Morgan fingerprint density at radius 2 is 1.76 bits per heavy atom. The van der Waals surface area contributed by atoms with E-state index in [1.807, 2.05) is 6.07 Å². The van der Waals surface area contributed by atoms with Crippen molar-refractivity contribution in [3.63, 3.8) is 0 Å². The molecule has 0 aliphatic heterocycles. The Kier molecular flexibility index (Phi) is 9.70. The van der Waals surface area contributed by atoms with Crippen molar-refractivity contribution in [2.45, 2.75) is 59.2 Å². The molecule has 5 nitrogen and oxygen atoms in total. The van der Waals surface area contributed by atoms with Crippen molar-refractivity contribution in [3.05, 3.63) is 81.7 Å². The number of hydrogen-bond acceptors (Lipinski definition) is 5. The van der Waals surface area contributed by atoms with Crippen LogP contribution in [0.4, 0.5) is 8.78 Å². The average Bonchev–Trinajstić information content (AvgIpc) is 3.26. The lowest BCUT2D eigenvalue weighted by Gasteiger charge is -2.25. The van der Waals surface area contributed by atoms with E-state index in [9.17, 15) is 23.5 Å². The van der Waals surface area contributed by atoms with Crippen LogP contribution in [0.3, 0.4) is 0 Å². The minimum atomic E-state index is -1.00. The quantitative estimate of drug-likeness (QED) is 0.296. The molecule has 1 amide bonds. The number of carbonyl (C=O) groups excluding carboxylic acids is 2. The van der Waals surface area contributed by atoms with Gasteiger partial charge in [0, 0.05) is 31.0 Å². The molecule has 37 heavy (non-hydrogen) atoms. The van der Waals surface area contributed by atoms with E-state index in [1.54, 1.807) is 6.07 Å². The molecule has 1 aromatic heterocycles. The van der Waals surface area contributed by atoms with Crippen LogP contribution in [-0.2, 0) is 24.2 Å². The summed E-state index contributed by atoms with van der Waals surface area (Å²) >= 11 is 1.42. The van der Waals surface area contributed by atoms with E-state index in [2.05, 4.69) is 49.6 Å². The van der Waals surface area contributed by atoms with Crippen molar-refractivity contribution >= 4 is 23.5 Å². The zero-order chi connectivity index (χ0) is 27.2. The highest BCUT2D eigenvalue weighted by Crippen LogP contribution is 2.32. The lowest BCUT2D eigenvalue weighted by molar-refractivity contribution is -0.120. The molecule has 2 atom stereocenters. The second-order valence-electron chi connectivity index (χ2n) is 10.5. The summed E-state index contributed by atoms with van der Waals surface area (Å²) in [4.78, 5) is 24.6. The number of aldehydes is 1. The Morgan fingerprint density at radius 1 is 1.05 bits per heavy atom. The van der Waals surface area contributed by atoms with Gasteiger partial charge < -0.3 is 15.7 Å². The highest BCUT2D eigenvalue weighted by atomic mass is 32.1. The largest absolute Gasteiger partial charge is 0.390 e. The monoisotopic (exact) mass is 528 g/mol. The maximum atomic E-state index is 13.6. The topological polar surface area (TPSA) is 78.4 Å². The van der Waals surface area contributed by atoms with Gasteiger partial charge in [0.2, 0.25) is 5.91 Å². The standard InChI is InChI=1S/C29H34F2N2O3S/c1-18(35)33-26(12-20-10-22(30)13-23(31)11-20)27(36)16-32-15-21-9-19(14-29(2,3)4)5-7-25(21)28-8-6-24(17-34)37-28/h5-11,13,17,26-27,32,36H,12,14-16H2,1-4H3,(H,33,35). The number of rotatable bonds is 11. The molecule has 0 aliphatic rings. The Bertz CT molecular complexity index is 1220. The SMILES string of the molecule is CC(=O)NC(Cc1cc(F)cc(F)c1)C(O)CNCc1cc(CC(C)(C)C)ccc1-c1ccc(C=O)s1. The van der Waals surface area contributed by atoms with Gasteiger partial charge in [-0.1, -0.05) is 39.0 Å². The van der Waals surface area contributed by atoms with E-state index in [4.69, 9.17) is 0 Å². The molecule has 0 aliphatic carbocycles. The van der Waals surface area contributed by atoms with Gasteiger partial charge in [-0.2, -0.15) is 0 Å². The third kappa shape index (κ3) is 8.84. The molecule has 0 saturated carbocycles. The Hall–Kier alpha value is -2.94. The number of halogens is 2. The van der Waals surface area contributed by atoms with Crippen LogP contribution in [0, 0.1) is 17.0 Å². The second-order valence-corrected chi connectivity index (χ2v) is 11.7. The fraction of sp³-hybridized carbons (Fsp3) is 0.379. The molecule has 2 aromatic carbocycles. The van der Waals surface area contributed by atoms with Crippen molar-refractivity contribution in [1.82, 2.24) is 10.6 Å². The van der Waals surface area contributed by atoms with Gasteiger partial charge >= 0.3 is 0 Å².